The number of hydrogen-bond acceptors (Lipinski definition) is 9. The van der Waals surface area contributed by atoms with Gasteiger partial charge in [-0.3, -0.25) is 9.59 Å². The maximum absolute atomic E-state index is 13.1. The topological polar surface area (TPSA) is 136 Å². The van der Waals surface area contributed by atoms with E-state index < -0.39 is 34.6 Å². The molecule has 0 saturated heterocycles. The number of fused-ring (bicyclic) bond motifs is 1. The van der Waals surface area contributed by atoms with Gasteiger partial charge in [-0.1, -0.05) is 30.3 Å². The molecule has 3 N–H and O–H groups in total. The average molecular weight is 492 g/mol. The highest BCUT2D eigenvalue weighted by Gasteiger charge is 2.33. The smallest absolute Gasteiger partial charge is 0.306 e. The van der Waals surface area contributed by atoms with Crippen LogP contribution in [0.25, 0.3) is 22.3 Å². The fourth-order valence-electron chi connectivity index (χ4n) is 4.17. The Morgan fingerprint density at radius 1 is 0.917 bits per heavy atom. The second kappa shape index (κ2) is 9.91. The van der Waals surface area contributed by atoms with E-state index in [1.807, 2.05) is 0 Å². The molecule has 1 unspecified atom stereocenters. The van der Waals surface area contributed by atoms with E-state index in [0.29, 0.717) is 22.6 Å². The average Bonchev–Trinajstić information content (AvgIpc) is 2.90. The minimum atomic E-state index is -1.04. The molecule has 1 atom stereocenters. The van der Waals surface area contributed by atoms with Crippen LogP contribution in [0.2, 0.25) is 0 Å². The highest BCUT2D eigenvalue weighted by molar-refractivity contribution is 5.94. The number of phenols is 3. The van der Waals surface area contributed by atoms with Crippen molar-refractivity contribution in [2.24, 2.45) is 0 Å². The van der Waals surface area contributed by atoms with Gasteiger partial charge in [0.1, 0.15) is 28.2 Å². The minimum absolute atomic E-state index is 0.105. The molecule has 0 saturated carbocycles. The fourth-order valence-corrected chi connectivity index (χ4v) is 4.17. The van der Waals surface area contributed by atoms with Gasteiger partial charge in [0, 0.05) is 28.7 Å². The molecule has 3 aromatic carbocycles. The van der Waals surface area contributed by atoms with E-state index in [-0.39, 0.29) is 28.7 Å². The molecule has 0 fully saturated rings. The van der Waals surface area contributed by atoms with Crippen molar-refractivity contribution >= 4 is 16.9 Å². The predicted octanol–water partition coefficient (Wildman–Crippen LogP) is 4.29. The zero-order valence-corrected chi connectivity index (χ0v) is 19.8. The van der Waals surface area contributed by atoms with Crippen LogP contribution in [0.1, 0.15) is 23.5 Å². The SMILES string of the molecule is COC(=O)CC(c1cc(OC)ccc1OC)c1c(O)c(O)c(O)c2c(=O)cc(-c3ccccc3)oc12. The zero-order valence-electron chi connectivity index (χ0n) is 19.8. The van der Waals surface area contributed by atoms with E-state index in [1.54, 1.807) is 48.5 Å². The van der Waals surface area contributed by atoms with Gasteiger partial charge in [0.15, 0.2) is 16.9 Å². The summed E-state index contributed by atoms with van der Waals surface area (Å²) in [5.74, 6) is -3.27. The van der Waals surface area contributed by atoms with Gasteiger partial charge in [0.25, 0.3) is 0 Å². The van der Waals surface area contributed by atoms with Crippen molar-refractivity contribution in [2.45, 2.75) is 12.3 Å². The quantitative estimate of drug-likeness (QED) is 0.255. The molecule has 9 heteroatoms. The molecule has 0 aliphatic rings. The minimum Gasteiger partial charge on any atom is -0.504 e. The number of benzene rings is 3. The summed E-state index contributed by atoms with van der Waals surface area (Å²) in [6, 6.07) is 14.8. The van der Waals surface area contributed by atoms with Gasteiger partial charge >= 0.3 is 5.97 Å². The van der Waals surface area contributed by atoms with Crippen LogP contribution < -0.4 is 14.9 Å². The van der Waals surface area contributed by atoms with E-state index in [4.69, 9.17) is 18.6 Å². The van der Waals surface area contributed by atoms with Crippen LogP contribution in [0.5, 0.6) is 28.7 Å². The first kappa shape index (κ1) is 24.5. The summed E-state index contributed by atoms with van der Waals surface area (Å²) >= 11 is 0. The lowest BCUT2D eigenvalue weighted by atomic mass is 9.85. The Balaban J connectivity index is 2.13. The number of rotatable bonds is 7. The summed E-state index contributed by atoms with van der Waals surface area (Å²) in [7, 11) is 4.10. The molecule has 186 valence electrons. The third-order valence-corrected chi connectivity index (χ3v) is 5.95. The number of hydrogen-bond donors (Lipinski definition) is 3. The number of aromatic hydroxyl groups is 3. The van der Waals surface area contributed by atoms with Crippen LogP contribution in [0.4, 0.5) is 0 Å². The normalized spacial score (nSPS) is 11.8. The Kier molecular flexibility index (Phi) is 6.73. The van der Waals surface area contributed by atoms with E-state index in [0.717, 1.165) is 0 Å². The number of ether oxygens (including phenoxy) is 3. The van der Waals surface area contributed by atoms with Gasteiger partial charge < -0.3 is 33.9 Å². The van der Waals surface area contributed by atoms with Crippen LogP contribution in [-0.2, 0) is 9.53 Å². The number of phenolic OH excluding ortho intramolecular Hbond substituents is 3. The number of carbonyl (C=O) groups is 1. The molecular weight excluding hydrogens is 468 g/mol. The van der Waals surface area contributed by atoms with E-state index in [9.17, 15) is 24.9 Å². The molecular formula is C27H24O9. The van der Waals surface area contributed by atoms with Crippen molar-refractivity contribution in [1.29, 1.82) is 0 Å². The Labute approximate surface area is 205 Å². The van der Waals surface area contributed by atoms with Gasteiger partial charge in [-0.15, -0.1) is 0 Å². The van der Waals surface area contributed by atoms with E-state index in [2.05, 4.69) is 0 Å². The maximum atomic E-state index is 13.1. The molecule has 1 heterocycles. The first-order chi connectivity index (χ1) is 17.3. The second-order valence-electron chi connectivity index (χ2n) is 7.95. The van der Waals surface area contributed by atoms with Crippen molar-refractivity contribution in [2.75, 3.05) is 21.3 Å². The lowest BCUT2D eigenvalue weighted by Crippen LogP contribution is -2.13. The third kappa shape index (κ3) is 4.26. The monoisotopic (exact) mass is 492 g/mol. The summed E-state index contributed by atoms with van der Waals surface area (Å²) in [6.07, 6.45) is -0.327. The fraction of sp³-hybridized carbons (Fsp3) is 0.185. The van der Waals surface area contributed by atoms with E-state index in [1.165, 1.54) is 27.4 Å². The Bertz CT molecular complexity index is 1490. The predicted molar refractivity (Wildman–Crippen MR) is 131 cm³/mol. The molecule has 0 radical (unpaired) electrons. The number of methoxy groups -OCH3 is 3. The molecule has 0 bridgehead atoms. The van der Waals surface area contributed by atoms with Gasteiger partial charge in [-0.25, -0.2) is 0 Å². The first-order valence-corrected chi connectivity index (χ1v) is 10.9. The lowest BCUT2D eigenvalue weighted by molar-refractivity contribution is -0.140. The molecule has 4 aromatic rings. The zero-order chi connectivity index (χ0) is 26.0. The third-order valence-electron chi connectivity index (χ3n) is 5.95. The van der Waals surface area contributed by atoms with Gasteiger partial charge in [-0.05, 0) is 18.2 Å². The molecule has 0 aliphatic heterocycles. The summed E-state index contributed by atoms with van der Waals surface area (Å²) < 4.78 is 21.8. The van der Waals surface area contributed by atoms with Crippen molar-refractivity contribution in [3.8, 4) is 40.1 Å². The molecule has 36 heavy (non-hydrogen) atoms. The maximum Gasteiger partial charge on any atom is 0.306 e. The summed E-state index contributed by atoms with van der Waals surface area (Å²) in [5, 5.41) is 31.8. The van der Waals surface area contributed by atoms with Crippen LogP contribution in [0.15, 0.2) is 63.8 Å². The highest BCUT2D eigenvalue weighted by atomic mass is 16.5. The van der Waals surface area contributed by atoms with Crippen LogP contribution in [0, 0.1) is 0 Å². The number of esters is 1. The summed E-state index contributed by atoms with van der Waals surface area (Å²) in [6.45, 7) is 0. The Hall–Kier alpha value is -4.66. The molecule has 0 amide bonds. The van der Waals surface area contributed by atoms with Crippen LogP contribution in [-0.4, -0.2) is 42.6 Å². The largest absolute Gasteiger partial charge is 0.504 e. The standard InChI is InChI=1S/C27H24O9/c1-33-15-9-10-19(34-2)16(11-15)17(12-21(29)35-3)22-24(30)26(32)25(31)23-18(28)13-20(36-27(22)23)14-7-5-4-6-8-14/h4-11,13,17,30-32H,12H2,1-3H3. The van der Waals surface area contributed by atoms with Gasteiger partial charge in [0.05, 0.1) is 27.8 Å². The molecule has 9 nitrogen and oxygen atoms in total. The first-order valence-electron chi connectivity index (χ1n) is 10.9. The molecule has 0 spiro atoms. The van der Waals surface area contributed by atoms with Crippen molar-refractivity contribution in [1.82, 2.24) is 0 Å². The number of carbonyl (C=O) groups excluding carboxylic acids is 1. The van der Waals surface area contributed by atoms with Crippen molar-refractivity contribution in [3.63, 3.8) is 0 Å². The molecule has 1 aromatic heterocycles. The Morgan fingerprint density at radius 3 is 2.28 bits per heavy atom. The lowest BCUT2D eigenvalue weighted by Gasteiger charge is -2.23. The van der Waals surface area contributed by atoms with Crippen LogP contribution >= 0.6 is 0 Å². The summed E-state index contributed by atoms with van der Waals surface area (Å²) in [5.41, 5.74) is -0.00618. The molecule has 4 rings (SSSR count). The van der Waals surface area contributed by atoms with Crippen LogP contribution in [0.3, 0.4) is 0 Å². The van der Waals surface area contributed by atoms with E-state index >= 15 is 0 Å². The van der Waals surface area contributed by atoms with Crippen molar-refractivity contribution in [3.05, 3.63) is 75.9 Å². The van der Waals surface area contributed by atoms with Crippen molar-refractivity contribution < 1.29 is 38.7 Å². The summed E-state index contributed by atoms with van der Waals surface area (Å²) in [4.78, 5) is 25.6. The molecule has 0 aliphatic carbocycles. The van der Waals surface area contributed by atoms with Gasteiger partial charge in [-0.2, -0.15) is 0 Å². The highest BCUT2D eigenvalue weighted by Crippen LogP contribution is 2.50. The second-order valence-corrected chi connectivity index (χ2v) is 7.95. The Morgan fingerprint density at radius 2 is 1.64 bits per heavy atom. The van der Waals surface area contributed by atoms with Gasteiger partial charge in [0.2, 0.25) is 5.75 Å².